The second-order valence-corrected chi connectivity index (χ2v) is 9.70. The zero-order chi connectivity index (χ0) is 23.9. The predicted molar refractivity (Wildman–Crippen MR) is 141 cm³/mol. The molecule has 0 bridgehead atoms. The number of aryl methyl sites for hydroxylation is 1. The highest BCUT2D eigenvalue weighted by Crippen LogP contribution is 2.31. The highest BCUT2D eigenvalue weighted by Gasteiger charge is 2.17. The van der Waals surface area contributed by atoms with Gasteiger partial charge in [0, 0.05) is 23.4 Å². The fourth-order valence-electron chi connectivity index (χ4n) is 3.41. The van der Waals surface area contributed by atoms with E-state index in [1.165, 1.54) is 5.56 Å². The Hall–Kier alpha value is -2.80. The fraction of sp³-hybridized carbons (Fsp3) is 0.192. The monoisotopic (exact) mass is 510 g/mol. The lowest BCUT2D eigenvalue weighted by Gasteiger charge is -2.11. The number of nitrogens with one attached hydrogen (secondary N) is 1. The van der Waals surface area contributed by atoms with Crippen molar-refractivity contribution in [2.75, 3.05) is 11.1 Å². The number of carbonyl (C=O) groups is 1. The Balaban J connectivity index is 1.40. The van der Waals surface area contributed by atoms with Gasteiger partial charge in [0.2, 0.25) is 5.91 Å². The standard InChI is InChI=1S/C26H24Cl2N4OS/c1-18-10-12-20(13-11-18)29-24(33)9-5-6-16-34-26-31-30-25(19-7-3-2-4-8-19)32(26)21-14-15-22(27)23(28)17-21/h2-4,7-8,10-15,17H,5-6,9,16H2,1H3,(H,29,33). The van der Waals surface area contributed by atoms with Crippen molar-refractivity contribution in [3.63, 3.8) is 0 Å². The van der Waals surface area contributed by atoms with E-state index in [9.17, 15) is 4.79 Å². The number of benzene rings is 3. The van der Waals surface area contributed by atoms with Crippen molar-refractivity contribution in [2.45, 2.75) is 31.3 Å². The van der Waals surface area contributed by atoms with Crippen molar-refractivity contribution in [3.05, 3.63) is 88.4 Å². The number of aromatic nitrogens is 3. The zero-order valence-electron chi connectivity index (χ0n) is 18.7. The Morgan fingerprint density at radius 1 is 0.941 bits per heavy atom. The van der Waals surface area contributed by atoms with E-state index in [0.717, 1.165) is 46.5 Å². The van der Waals surface area contributed by atoms with Crippen molar-refractivity contribution in [1.29, 1.82) is 0 Å². The molecular formula is C26H24Cl2N4OS. The van der Waals surface area contributed by atoms with Crippen LogP contribution in [0.4, 0.5) is 5.69 Å². The van der Waals surface area contributed by atoms with Crippen LogP contribution in [-0.2, 0) is 4.79 Å². The molecule has 0 saturated heterocycles. The van der Waals surface area contributed by atoms with E-state index in [-0.39, 0.29) is 5.91 Å². The van der Waals surface area contributed by atoms with Crippen LogP contribution in [0.5, 0.6) is 0 Å². The number of hydrogen-bond acceptors (Lipinski definition) is 4. The minimum atomic E-state index is 0.0270. The maximum Gasteiger partial charge on any atom is 0.224 e. The molecule has 34 heavy (non-hydrogen) atoms. The van der Waals surface area contributed by atoms with Crippen molar-refractivity contribution >= 4 is 46.6 Å². The van der Waals surface area contributed by atoms with Gasteiger partial charge in [0.15, 0.2) is 11.0 Å². The smallest absolute Gasteiger partial charge is 0.224 e. The molecule has 0 spiro atoms. The summed E-state index contributed by atoms with van der Waals surface area (Å²) < 4.78 is 1.99. The van der Waals surface area contributed by atoms with Crippen LogP contribution >= 0.6 is 35.0 Å². The quantitative estimate of drug-likeness (QED) is 0.187. The van der Waals surface area contributed by atoms with Crippen LogP contribution in [-0.4, -0.2) is 26.4 Å². The molecule has 8 heteroatoms. The van der Waals surface area contributed by atoms with E-state index in [1.807, 2.05) is 78.2 Å². The molecule has 0 aliphatic rings. The molecule has 174 valence electrons. The van der Waals surface area contributed by atoms with Gasteiger partial charge in [0.05, 0.1) is 15.7 Å². The summed E-state index contributed by atoms with van der Waals surface area (Å²) in [6, 6.07) is 23.2. The first-order valence-electron chi connectivity index (χ1n) is 11.0. The molecule has 1 amide bonds. The maximum absolute atomic E-state index is 12.2. The minimum absolute atomic E-state index is 0.0270. The SMILES string of the molecule is Cc1ccc(NC(=O)CCCCSc2nnc(-c3ccccc3)n2-c2ccc(Cl)c(Cl)c2)cc1. The van der Waals surface area contributed by atoms with E-state index in [2.05, 4.69) is 15.5 Å². The third kappa shape index (κ3) is 6.20. The third-order valence-electron chi connectivity index (χ3n) is 5.19. The van der Waals surface area contributed by atoms with Crippen LogP contribution in [0.25, 0.3) is 17.1 Å². The van der Waals surface area contributed by atoms with Gasteiger partial charge in [-0.3, -0.25) is 9.36 Å². The Morgan fingerprint density at radius 3 is 2.44 bits per heavy atom. The number of amides is 1. The van der Waals surface area contributed by atoms with Crippen molar-refractivity contribution in [3.8, 4) is 17.1 Å². The molecule has 1 heterocycles. The molecule has 1 N–H and O–H groups in total. The Morgan fingerprint density at radius 2 is 1.71 bits per heavy atom. The van der Waals surface area contributed by atoms with E-state index in [0.29, 0.717) is 16.5 Å². The highest BCUT2D eigenvalue weighted by molar-refractivity contribution is 7.99. The Kier molecular flexibility index (Phi) is 8.27. The summed E-state index contributed by atoms with van der Waals surface area (Å²) in [4.78, 5) is 12.2. The Labute approximate surface area is 213 Å². The number of rotatable bonds is 9. The topological polar surface area (TPSA) is 59.8 Å². The molecule has 0 saturated carbocycles. The van der Waals surface area contributed by atoms with Crippen LogP contribution in [0.2, 0.25) is 10.0 Å². The summed E-state index contributed by atoms with van der Waals surface area (Å²) in [6.45, 7) is 2.02. The van der Waals surface area contributed by atoms with Gasteiger partial charge in [-0.2, -0.15) is 0 Å². The van der Waals surface area contributed by atoms with Gasteiger partial charge in [-0.1, -0.05) is 83.0 Å². The molecule has 0 fully saturated rings. The van der Waals surface area contributed by atoms with Crippen molar-refractivity contribution in [2.24, 2.45) is 0 Å². The molecule has 5 nitrogen and oxygen atoms in total. The highest BCUT2D eigenvalue weighted by atomic mass is 35.5. The molecular weight excluding hydrogens is 487 g/mol. The third-order valence-corrected chi connectivity index (χ3v) is 6.95. The molecule has 1 aromatic heterocycles. The summed E-state index contributed by atoms with van der Waals surface area (Å²) >= 11 is 14.0. The normalized spacial score (nSPS) is 10.9. The molecule has 4 rings (SSSR count). The number of anilines is 1. The van der Waals surface area contributed by atoms with Gasteiger partial charge in [-0.05, 0) is 50.1 Å². The van der Waals surface area contributed by atoms with E-state index < -0.39 is 0 Å². The molecule has 0 radical (unpaired) electrons. The van der Waals surface area contributed by atoms with Crippen LogP contribution in [0.1, 0.15) is 24.8 Å². The van der Waals surface area contributed by atoms with Gasteiger partial charge in [-0.15, -0.1) is 10.2 Å². The van der Waals surface area contributed by atoms with Crippen molar-refractivity contribution < 1.29 is 4.79 Å². The zero-order valence-corrected chi connectivity index (χ0v) is 21.0. The number of nitrogens with zero attached hydrogens (tertiary/aromatic N) is 3. The maximum atomic E-state index is 12.2. The van der Waals surface area contributed by atoms with Crippen LogP contribution < -0.4 is 5.32 Å². The number of unbranched alkanes of at least 4 members (excludes halogenated alkanes) is 1. The molecule has 0 aliphatic heterocycles. The molecule has 0 aliphatic carbocycles. The van der Waals surface area contributed by atoms with Gasteiger partial charge in [-0.25, -0.2) is 0 Å². The minimum Gasteiger partial charge on any atom is -0.326 e. The summed E-state index contributed by atoms with van der Waals surface area (Å²) in [5, 5.41) is 13.6. The molecule has 0 atom stereocenters. The second-order valence-electron chi connectivity index (χ2n) is 7.83. The van der Waals surface area contributed by atoms with Gasteiger partial charge >= 0.3 is 0 Å². The average molecular weight is 511 g/mol. The number of hydrogen-bond donors (Lipinski definition) is 1. The molecule has 4 aromatic rings. The van der Waals surface area contributed by atoms with Crippen LogP contribution in [0.3, 0.4) is 0 Å². The largest absolute Gasteiger partial charge is 0.326 e. The first-order valence-corrected chi connectivity index (χ1v) is 12.7. The lowest BCUT2D eigenvalue weighted by Crippen LogP contribution is -2.11. The summed E-state index contributed by atoms with van der Waals surface area (Å²) in [6.07, 6.45) is 2.14. The van der Waals surface area contributed by atoms with Crippen molar-refractivity contribution in [1.82, 2.24) is 14.8 Å². The lowest BCUT2D eigenvalue weighted by molar-refractivity contribution is -0.116. The lowest BCUT2D eigenvalue weighted by atomic mass is 10.2. The second kappa shape index (κ2) is 11.6. The van der Waals surface area contributed by atoms with E-state index >= 15 is 0 Å². The first-order chi connectivity index (χ1) is 16.5. The Bertz CT molecular complexity index is 1260. The van der Waals surface area contributed by atoms with Gasteiger partial charge < -0.3 is 5.32 Å². The molecule has 0 unspecified atom stereocenters. The van der Waals surface area contributed by atoms with Gasteiger partial charge in [0.1, 0.15) is 0 Å². The predicted octanol–water partition coefficient (Wildman–Crippen LogP) is 7.45. The summed E-state index contributed by atoms with van der Waals surface area (Å²) in [5.74, 6) is 1.57. The summed E-state index contributed by atoms with van der Waals surface area (Å²) in [5.41, 5.74) is 3.80. The summed E-state index contributed by atoms with van der Waals surface area (Å²) in [7, 11) is 0. The van der Waals surface area contributed by atoms with Crippen LogP contribution in [0.15, 0.2) is 78.0 Å². The number of halogens is 2. The van der Waals surface area contributed by atoms with E-state index in [4.69, 9.17) is 23.2 Å². The number of thioether (sulfide) groups is 1. The fourth-order valence-corrected chi connectivity index (χ4v) is 4.65. The van der Waals surface area contributed by atoms with Crippen LogP contribution in [0, 0.1) is 6.92 Å². The number of carbonyl (C=O) groups excluding carboxylic acids is 1. The van der Waals surface area contributed by atoms with E-state index in [1.54, 1.807) is 17.8 Å². The molecule has 3 aromatic carbocycles. The van der Waals surface area contributed by atoms with Gasteiger partial charge in [0.25, 0.3) is 0 Å². The average Bonchev–Trinajstić information content (AvgIpc) is 3.26. The first kappa shape index (κ1) is 24.3.